The van der Waals surface area contributed by atoms with Gasteiger partial charge in [0.1, 0.15) is 17.1 Å². The minimum Gasteiger partial charge on any atom is -0.495 e. The van der Waals surface area contributed by atoms with Crippen LogP contribution in [0.1, 0.15) is 46.1 Å². The van der Waals surface area contributed by atoms with Crippen LogP contribution < -0.4 is 25.7 Å². The molecule has 0 atom stereocenters. The maximum atomic E-state index is 14.4. The van der Waals surface area contributed by atoms with Crippen molar-refractivity contribution in [2.75, 3.05) is 51.0 Å². The lowest BCUT2D eigenvalue weighted by atomic mass is 10.0. The topological polar surface area (TPSA) is 115 Å². The van der Waals surface area contributed by atoms with Crippen molar-refractivity contribution < 1.29 is 14.3 Å². The first-order valence-electron chi connectivity index (χ1n) is 17.0. The van der Waals surface area contributed by atoms with Gasteiger partial charge in [0.15, 0.2) is 0 Å². The highest BCUT2D eigenvalue weighted by Gasteiger charge is 2.23. The molecule has 270 valence electrons. The van der Waals surface area contributed by atoms with Crippen LogP contribution in [0.2, 0.25) is 10.0 Å². The summed E-state index contributed by atoms with van der Waals surface area (Å²) in [4.78, 5) is 42.3. The van der Waals surface area contributed by atoms with E-state index in [-0.39, 0.29) is 44.9 Å². The van der Waals surface area contributed by atoms with Crippen molar-refractivity contribution in [3.05, 3.63) is 91.7 Å². The van der Waals surface area contributed by atoms with Gasteiger partial charge in [-0.2, -0.15) is 4.98 Å². The average Bonchev–Trinajstić information content (AvgIpc) is 3.12. The molecule has 0 bridgehead atoms. The molecular formula is C38H45Cl2N7O4. The van der Waals surface area contributed by atoms with Crippen molar-refractivity contribution in [2.24, 2.45) is 5.92 Å². The van der Waals surface area contributed by atoms with Gasteiger partial charge in [0.25, 0.3) is 11.5 Å². The zero-order valence-corrected chi connectivity index (χ0v) is 31.5. The number of halogens is 2. The molecule has 0 saturated heterocycles. The Kier molecular flexibility index (Phi) is 14.3. The summed E-state index contributed by atoms with van der Waals surface area (Å²) in [5.74, 6) is 0.603. The molecule has 0 aliphatic carbocycles. The van der Waals surface area contributed by atoms with Gasteiger partial charge in [-0.1, -0.05) is 69.1 Å². The fraction of sp³-hybridized carbons (Fsp3) is 0.395. The molecular weight excluding hydrogens is 689 g/mol. The van der Waals surface area contributed by atoms with Crippen LogP contribution in [0.5, 0.6) is 11.5 Å². The third-order valence-corrected chi connectivity index (χ3v) is 9.15. The van der Waals surface area contributed by atoms with Crippen LogP contribution in [0.25, 0.3) is 27.0 Å². The molecule has 0 spiro atoms. The molecule has 4 aromatic rings. The number of nitrogens with zero attached hydrogens (tertiary/aromatic N) is 5. The second-order valence-electron chi connectivity index (χ2n) is 12.2. The van der Waals surface area contributed by atoms with Gasteiger partial charge in [-0.15, -0.1) is 0 Å². The fourth-order valence-corrected chi connectivity index (χ4v) is 6.38. The number of nitrogens with one attached hydrogen (secondary N) is 2. The van der Waals surface area contributed by atoms with Crippen molar-refractivity contribution in [1.82, 2.24) is 19.4 Å². The summed E-state index contributed by atoms with van der Waals surface area (Å²) in [5.41, 5.74) is 2.02. The molecule has 0 saturated carbocycles. The number of hydrogen-bond donors (Lipinski definition) is 2. The standard InChI is InChI=1S/C38H45Cl2N7O4/c1-8-46(9-2)17-11-10-16-42-38-43-23-26-21-28(32-33(39)30(50-6)22-31(51-7)34(32)40)37(49)47(35(26)45-38)18-15-25-13-12-14-27(20-25)44-36(48)29(41-5)19-24(3)4/h12-14,19-24H,8-11,15-18H2,1-4,6-7H3,(H,44,48)(H,42,43,45). The normalized spacial score (nSPS) is 11.6. The number of aromatic nitrogens is 3. The maximum absolute atomic E-state index is 14.4. The number of aryl methyl sites for hydroxylation is 2. The summed E-state index contributed by atoms with van der Waals surface area (Å²) in [5, 5.41) is 7.08. The number of benzene rings is 2. The number of rotatable bonds is 17. The van der Waals surface area contributed by atoms with Crippen LogP contribution in [0.15, 0.2) is 59.2 Å². The zero-order chi connectivity index (χ0) is 37.1. The third kappa shape index (κ3) is 9.79. The predicted octanol–water partition coefficient (Wildman–Crippen LogP) is 7.96. The minimum atomic E-state index is -0.474. The van der Waals surface area contributed by atoms with E-state index in [0.717, 1.165) is 38.0 Å². The SMILES string of the molecule is [C-]#[N+]C(=CC(C)C)C(=O)Nc1cccc(CCn2c(=O)c(-c3c(Cl)c(OC)cc(OC)c3Cl)cc3cnc(NCCCCN(CC)CC)nc32)c1. The fourth-order valence-electron chi connectivity index (χ4n) is 5.67. The largest absolute Gasteiger partial charge is 0.495 e. The smallest absolute Gasteiger partial charge is 0.260 e. The molecule has 1 amide bonds. The van der Waals surface area contributed by atoms with Gasteiger partial charge in [-0.05, 0) is 68.6 Å². The van der Waals surface area contributed by atoms with E-state index in [1.165, 1.54) is 14.2 Å². The quantitative estimate of drug-likeness (QED) is 0.0639. The highest BCUT2D eigenvalue weighted by Crippen LogP contribution is 2.45. The van der Waals surface area contributed by atoms with Crippen molar-refractivity contribution in [3.8, 4) is 22.6 Å². The number of allylic oxidation sites excluding steroid dienone is 1. The van der Waals surface area contributed by atoms with E-state index in [4.69, 9.17) is 44.2 Å². The summed E-state index contributed by atoms with van der Waals surface area (Å²) in [6.45, 7) is 19.5. The number of unbranched alkanes of at least 4 members (excludes halogenated alkanes) is 1. The molecule has 51 heavy (non-hydrogen) atoms. The number of methoxy groups -OCH3 is 2. The lowest BCUT2D eigenvalue weighted by molar-refractivity contribution is -0.112. The van der Waals surface area contributed by atoms with Crippen molar-refractivity contribution >= 4 is 51.8 Å². The number of pyridine rings is 1. The van der Waals surface area contributed by atoms with Gasteiger partial charge in [0.05, 0.1) is 36.4 Å². The first-order chi connectivity index (χ1) is 24.5. The first kappa shape index (κ1) is 39.2. The van der Waals surface area contributed by atoms with Crippen LogP contribution in [0.3, 0.4) is 0 Å². The van der Waals surface area contributed by atoms with E-state index in [1.807, 2.05) is 32.0 Å². The molecule has 2 N–H and O–H groups in total. The first-order valence-corrected chi connectivity index (χ1v) is 17.8. The Bertz CT molecular complexity index is 1960. The van der Waals surface area contributed by atoms with Crippen LogP contribution in [-0.2, 0) is 17.8 Å². The molecule has 4 rings (SSSR count). The second kappa shape index (κ2) is 18.6. The number of amides is 1. The Hall–Kier alpha value is -4.63. The molecule has 2 heterocycles. The number of carbonyl (C=O) groups is 1. The minimum absolute atomic E-state index is 0.0322. The third-order valence-electron chi connectivity index (χ3n) is 8.40. The van der Waals surface area contributed by atoms with Crippen LogP contribution in [0, 0.1) is 12.5 Å². The molecule has 13 heteroatoms. The number of anilines is 2. The van der Waals surface area contributed by atoms with E-state index >= 15 is 0 Å². The lowest BCUT2D eigenvalue weighted by Crippen LogP contribution is -2.25. The number of ether oxygens (including phenoxy) is 2. The van der Waals surface area contributed by atoms with E-state index < -0.39 is 5.91 Å². The van der Waals surface area contributed by atoms with E-state index in [2.05, 4.69) is 39.2 Å². The Morgan fingerprint density at radius 1 is 1.08 bits per heavy atom. The predicted molar refractivity (Wildman–Crippen MR) is 206 cm³/mol. The van der Waals surface area contributed by atoms with Gasteiger partial charge in [0, 0.05) is 42.0 Å². The van der Waals surface area contributed by atoms with E-state index in [0.29, 0.717) is 47.1 Å². The highest BCUT2D eigenvalue weighted by atomic mass is 35.5. The lowest BCUT2D eigenvalue weighted by Gasteiger charge is -2.18. The Balaban J connectivity index is 1.72. The Morgan fingerprint density at radius 2 is 1.78 bits per heavy atom. The molecule has 0 unspecified atom stereocenters. The monoisotopic (exact) mass is 733 g/mol. The van der Waals surface area contributed by atoms with E-state index in [9.17, 15) is 9.59 Å². The van der Waals surface area contributed by atoms with Gasteiger partial charge in [-0.25, -0.2) is 9.83 Å². The molecule has 0 fully saturated rings. The van der Waals surface area contributed by atoms with Gasteiger partial charge >= 0.3 is 0 Å². The van der Waals surface area contributed by atoms with Crippen LogP contribution in [-0.4, -0.2) is 65.7 Å². The second-order valence-corrected chi connectivity index (χ2v) is 13.0. The summed E-state index contributed by atoms with van der Waals surface area (Å²) in [6, 6.07) is 10.6. The van der Waals surface area contributed by atoms with Gasteiger partial charge in [0.2, 0.25) is 11.6 Å². The number of fused-ring (bicyclic) bond motifs is 1. The van der Waals surface area contributed by atoms with Crippen LogP contribution in [0.4, 0.5) is 11.6 Å². The Morgan fingerprint density at radius 3 is 2.41 bits per heavy atom. The van der Waals surface area contributed by atoms with E-state index in [1.54, 1.807) is 35.0 Å². The molecule has 11 nitrogen and oxygen atoms in total. The summed E-state index contributed by atoms with van der Waals surface area (Å²) < 4.78 is 12.5. The zero-order valence-electron chi connectivity index (χ0n) is 30.0. The number of carbonyl (C=O) groups excluding carboxylic acids is 1. The van der Waals surface area contributed by atoms with Crippen molar-refractivity contribution in [1.29, 1.82) is 0 Å². The summed E-state index contributed by atoms with van der Waals surface area (Å²) in [6.07, 6.45) is 5.70. The Labute approximate surface area is 309 Å². The maximum Gasteiger partial charge on any atom is 0.260 e. The number of hydrogen-bond acceptors (Lipinski definition) is 8. The summed E-state index contributed by atoms with van der Waals surface area (Å²) in [7, 11) is 2.95. The molecule has 2 aromatic heterocycles. The molecule has 0 aliphatic rings. The van der Waals surface area contributed by atoms with Gasteiger partial charge in [-0.3, -0.25) is 14.2 Å². The molecule has 0 aliphatic heterocycles. The van der Waals surface area contributed by atoms with Crippen molar-refractivity contribution in [2.45, 2.75) is 53.5 Å². The highest BCUT2D eigenvalue weighted by molar-refractivity contribution is 6.41. The molecule has 2 aromatic carbocycles. The van der Waals surface area contributed by atoms with Crippen molar-refractivity contribution in [3.63, 3.8) is 0 Å². The van der Waals surface area contributed by atoms with Gasteiger partial charge < -0.3 is 25.0 Å². The summed E-state index contributed by atoms with van der Waals surface area (Å²) >= 11 is 13.6. The average molecular weight is 735 g/mol. The van der Waals surface area contributed by atoms with Crippen LogP contribution >= 0.6 is 23.2 Å². The molecule has 0 radical (unpaired) electrons.